The summed E-state index contributed by atoms with van der Waals surface area (Å²) in [7, 11) is 0. The van der Waals surface area contributed by atoms with Crippen molar-refractivity contribution in [2.45, 2.75) is 31.0 Å². The molecule has 4 N–H and O–H groups in total. The largest absolute Gasteiger partial charge is 0.419 e. The van der Waals surface area contributed by atoms with E-state index in [0.29, 0.717) is 36.2 Å². The molecular weight excluding hydrogens is 447 g/mol. The number of morpholine rings is 1. The molecule has 1 aliphatic carbocycles. The summed E-state index contributed by atoms with van der Waals surface area (Å²) < 4.78 is 47.4. The number of nitrogens with one attached hydrogen (secondary N) is 2. The molecular formula is C23H26F3N7O. The molecule has 1 saturated carbocycles. The molecule has 34 heavy (non-hydrogen) atoms. The average molecular weight is 474 g/mol. The van der Waals surface area contributed by atoms with E-state index in [1.807, 2.05) is 6.07 Å². The third-order valence-electron chi connectivity index (χ3n) is 7.80. The number of hydrogen-bond donors (Lipinski definition) is 3. The smallest absolute Gasteiger partial charge is 0.378 e. The minimum atomic E-state index is -4.60. The van der Waals surface area contributed by atoms with Gasteiger partial charge in [-0.3, -0.25) is 0 Å². The fourth-order valence-corrected chi connectivity index (χ4v) is 5.60. The van der Waals surface area contributed by atoms with Crippen molar-refractivity contribution in [2.24, 2.45) is 11.1 Å². The number of nitrogens with two attached hydrogens (primary N) is 1. The van der Waals surface area contributed by atoms with Crippen LogP contribution >= 0.6 is 0 Å². The zero-order valence-electron chi connectivity index (χ0n) is 18.6. The van der Waals surface area contributed by atoms with Gasteiger partial charge in [0.1, 0.15) is 22.9 Å². The van der Waals surface area contributed by atoms with E-state index in [4.69, 9.17) is 10.5 Å². The van der Waals surface area contributed by atoms with Crippen LogP contribution in [-0.4, -0.2) is 59.3 Å². The molecule has 5 heterocycles. The van der Waals surface area contributed by atoms with Gasteiger partial charge in [0.2, 0.25) is 0 Å². The van der Waals surface area contributed by atoms with Crippen LogP contribution in [0.3, 0.4) is 0 Å². The second-order valence-electron chi connectivity index (χ2n) is 9.50. The predicted molar refractivity (Wildman–Crippen MR) is 120 cm³/mol. The number of aromatic nitrogens is 4. The van der Waals surface area contributed by atoms with Crippen molar-refractivity contribution >= 4 is 16.9 Å². The Kier molecular flexibility index (Phi) is 4.88. The topological polar surface area (TPSA) is 105 Å². The maximum absolute atomic E-state index is 14.0. The highest BCUT2D eigenvalue weighted by Crippen LogP contribution is 2.57. The lowest BCUT2D eigenvalue weighted by Crippen LogP contribution is -2.62. The summed E-state index contributed by atoms with van der Waals surface area (Å²) in [6, 6.07) is 3.63. The van der Waals surface area contributed by atoms with E-state index in [2.05, 4.69) is 30.2 Å². The number of halogens is 3. The fraction of sp³-hybridized carbons (Fsp3) is 0.522. The van der Waals surface area contributed by atoms with Crippen LogP contribution in [0.4, 0.5) is 19.0 Å². The average Bonchev–Trinajstić information content (AvgIpc) is 3.51. The normalized spacial score (nSPS) is 27.5. The highest BCUT2D eigenvalue weighted by atomic mass is 19.4. The van der Waals surface area contributed by atoms with E-state index >= 15 is 0 Å². The van der Waals surface area contributed by atoms with Crippen molar-refractivity contribution in [1.29, 1.82) is 0 Å². The van der Waals surface area contributed by atoms with E-state index < -0.39 is 17.3 Å². The molecule has 3 aromatic heterocycles. The van der Waals surface area contributed by atoms with Crippen molar-refractivity contribution in [3.05, 3.63) is 35.9 Å². The van der Waals surface area contributed by atoms with E-state index in [-0.39, 0.29) is 16.9 Å². The third kappa shape index (κ3) is 3.21. The lowest BCUT2D eigenvalue weighted by atomic mass is 9.54. The number of rotatable bonds is 3. The van der Waals surface area contributed by atoms with Crippen molar-refractivity contribution in [3.8, 4) is 11.3 Å². The van der Waals surface area contributed by atoms with E-state index in [0.717, 1.165) is 51.0 Å². The number of nitrogens with zero attached hydrogens (tertiary/aromatic N) is 4. The van der Waals surface area contributed by atoms with Crippen LogP contribution in [-0.2, 0) is 16.5 Å². The Bertz CT molecular complexity index is 1230. The minimum Gasteiger partial charge on any atom is -0.378 e. The van der Waals surface area contributed by atoms with Crippen molar-refractivity contribution in [2.75, 3.05) is 44.3 Å². The molecule has 2 atom stereocenters. The zero-order valence-corrected chi connectivity index (χ0v) is 18.6. The minimum absolute atomic E-state index is 0.164. The molecule has 1 spiro atoms. The third-order valence-corrected chi connectivity index (χ3v) is 7.80. The molecule has 0 aromatic carbocycles. The monoisotopic (exact) mass is 473 g/mol. The summed E-state index contributed by atoms with van der Waals surface area (Å²) in [6.07, 6.45) is 0.251. The quantitative estimate of drug-likeness (QED) is 0.537. The first-order valence-corrected chi connectivity index (χ1v) is 11.6. The van der Waals surface area contributed by atoms with Gasteiger partial charge in [-0.05, 0) is 37.9 Å². The molecule has 180 valence electrons. The number of alkyl halides is 3. The van der Waals surface area contributed by atoms with Gasteiger partial charge >= 0.3 is 6.18 Å². The fourth-order valence-electron chi connectivity index (χ4n) is 5.60. The maximum Gasteiger partial charge on any atom is 0.419 e. The standard InChI is InChI=1S/C23H26F3N7O/c24-23(25,26)16-12-30-20(22(27)4-3-21(22)5-6-28-13-21)32-18(16)15-11-29-19-14(15)1-2-17(31-19)33-7-9-34-10-8-33/h1-2,11-12,28H,3-10,13,27H2,(H,29,31). The van der Waals surface area contributed by atoms with Crippen LogP contribution in [0.5, 0.6) is 0 Å². The lowest BCUT2D eigenvalue weighted by molar-refractivity contribution is -0.137. The molecule has 0 radical (unpaired) electrons. The summed E-state index contributed by atoms with van der Waals surface area (Å²) in [6.45, 7) is 4.23. The molecule has 0 bridgehead atoms. The highest BCUT2D eigenvalue weighted by molar-refractivity contribution is 5.94. The molecule has 3 aromatic rings. The van der Waals surface area contributed by atoms with E-state index in [1.54, 1.807) is 12.3 Å². The summed E-state index contributed by atoms with van der Waals surface area (Å²) in [4.78, 5) is 18.4. The van der Waals surface area contributed by atoms with Gasteiger partial charge in [0.25, 0.3) is 0 Å². The Balaban J connectivity index is 1.45. The summed E-state index contributed by atoms with van der Waals surface area (Å²) >= 11 is 0. The number of pyridine rings is 1. The van der Waals surface area contributed by atoms with Crippen LogP contribution in [0.25, 0.3) is 22.3 Å². The molecule has 0 amide bonds. The molecule has 11 heteroatoms. The van der Waals surface area contributed by atoms with Crippen molar-refractivity contribution in [1.82, 2.24) is 25.3 Å². The number of H-pyrrole nitrogens is 1. The van der Waals surface area contributed by atoms with Gasteiger partial charge in [-0.1, -0.05) is 0 Å². The Morgan fingerprint density at radius 1 is 1.09 bits per heavy atom. The first-order valence-electron chi connectivity index (χ1n) is 11.6. The number of fused-ring (bicyclic) bond motifs is 1. The Morgan fingerprint density at radius 2 is 1.91 bits per heavy atom. The molecule has 8 nitrogen and oxygen atoms in total. The van der Waals surface area contributed by atoms with Gasteiger partial charge in [-0.25, -0.2) is 15.0 Å². The summed E-state index contributed by atoms with van der Waals surface area (Å²) in [5.41, 5.74) is 5.53. The van der Waals surface area contributed by atoms with Gasteiger partial charge in [-0.15, -0.1) is 0 Å². The molecule has 2 unspecified atom stereocenters. The lowest BCUT2D eigenvalue weighted by Gasteiger charge is -2.54. The van der Waals surface area contributed by atoms with Gasteiger partial charge in [0.05, 0.1) is 24.4 Å². The van der Waals surface area contributed by atoms with Gasteiger partial charge in [-0.2, -0.15) is 13.2 Å². The highest BCUT2D eigenvalue weighted by Gasteiger charge is 2.60. The van der Waals surface area contributed by atoms with Crippen LogP contribution in [0.1, 0.15) is 30.7 Å². The number of anilines is 1. The first-order chi connectivity index (χ1) is 16.3. The molecule has 6 rings (SSSR count). The zero-order chi connectivity index (χ0) is 23.6. The van der Waals surface area contributed by atoms with Crippen molar-refractivity contribution < 1.29 is 17.9 Å². The van der Waals surface area contributed by atoms with Crippen LogP contribution in [0, 0.1) is 5.41 Å². The maximum atomic E-state index is 14.0. The Morgan fingerprint density at radius 3 is 2.59 bits per heavy atom. The summed E-state index contributed by atoms with van der Waals surface area (Å²) in [5.74, 6) is 1.03. The summed E-state index contributed by atoms with van der Waals surface area (Å²) in [5, 5.41) is 3.91. The molecule has 3 fully saturated rings. The van der Waals surface area contributed by atoms with E-state index in [9.17, 15) is 13.2 Å². The van der Waals surface area contributed by atoms with Gasteiger partial charge in [0, 0.05) is 48.4 Å². The van der Waals surface area contributed by atoms with Crippen LogP contribution < -0.4 is 16.0 Å². The van der Waals surface area contributed by atoms with Gasteiger partial charge in [0.15, 0.2) is 0 Å². The van der Waals surface area contributed by atoms with Crippen LogP contribution in [0.2, 0.25) is 0 Å². The van der Waals surface area contributed by atoms with E-state index in [1.165, 1.54) is 0 Å². The number of hydrogen-bond acceptors (Lipinski definition) is 7. The second-order valence-corrected chi connectivity index (χ2v) is 9.50. The molecule has 2 saturated heterocycles. The Labute approximate surface area is 194 Å². The number of ether oxygens (including phenoxy) is 1. The SMILES string of the molecule is NC1(c2ncc(C(F)(F)F)c(-c3c[nH]c4nc(N5CCOCC5)ccc34)n2)CCC12CCNC2. The predicted octanol–water partition coefficient (Wildman–Crippen LogP) is 2.80. The molecule has 2 aliphatic heterocycles. The Hall–Kier alpha value is -2.76. The van der Waals surface area contributed by atoms with Crippen molar-refractivity contribution in [3.63, 3.8) is 0 Å². The number of aromatic amines is 1. The second kappa shape index (κ2) is 7.62. The molecule has 3 aliphatic rings. The van der Waals surface area contributed by atoms with Gasteiger partial charge < -0.3 is 25.7 Å². The van der Waals surface area contributed by atoms with Crippen LogP contribution in [0.15, 0.2) is 24.5 Å². The first kappa shape index (κ1) is 21.8.